The minimum atomic E-state index is -4.82. The Bertz CT molecular complexity index is 1190. The SMILES string of the molecule is CC(O)(c1ccc(N2CCN(S(=O)(=O)c3cccs3)C[C@@H]2CN2C3COCC2C(O)C3)cc1)C(F)(F)F. The molecular weight excluding hydrogens is 531 g/mol. The summed E-state index contributed by atoms with van der Waals surface area (Å²) in [5.41, 5.74) is -2.61. The summed E-state index contributed by atoms with van der Waals surface area (Å²) in [5, 5.41) is 22.3. The minimum absolute atomic E-state index is 0.0177. The Labute approximate surface area is 217 Å². The van der Waals surface area contributed by atoms with Crippen LogP contribution in [0.3, 0.4) is 0 Å². The molecule has 4 heterocycles. The number of hydrogen-bond donors (Lipinski definition) is 2. The molecule has 3 fully saturated rings. The molecule has 204 valence electrons. The van der Waals surface area contributed by atoms with E-state index in [1.807, 2.05) is 4.90 Å². The van der Waals surface area contributed by atoms with Gasteiger partial charge in [-0.3, -0.25) is 4.90 Å². The van der Waals surface area contributed by atoms with Crippen LogP contribution in [0.1, 0.15) is 18.9 Å². The van der Waals surface area contributed by atoms with Gasteiger partial charge in [0.2, 0.25) is 0 Å². The summed E-state index contributed by atoms with van der Waals surface area (Å²) >= 11 is 1.16. The van der Waals surface area contributed by atoms with Crippen LogP contribution in [0, 0.1) is 0 Å². The highest BCUT2D eigenvalue weighted by molar-refractivity contribution is 7.91. The Balaban J connectivity index is 1.43. The van der Waals surface area contributed by atoms with Crippen molar-refractivity contribution in [3.63, 3.8) is 0 Å². The first-order valence-corrected chi connectivity index (χ1v) is 14.4. The first-order valence-electron chi connectivity index (χ1n) is 12.1. The van der Waals surface area contributed by atoms with Gasteiger partial charge in [0.1, 0.15) is 4.21 Å². The van der Waals surface area contributed by atoms with Gasteiger partial charge in [-0.1, -0.05) is 18.2 Å². The van der Waals surface area contributed by atoms with Crippen molar-refractivity contribution in [1.82, 2.24) is 9.21 Å². The highest BCUT2D eigenvalue weighted by Crippen LogP contribution is 2.39. The first-order chi connectivity index (χ1) is 17.4. The number of aliphatic hydroxyl groups is 2. The van der Waals surface area contributed by atoms with E-state index in [1.54, 1.807) is 17.5 Å². The number of fused-ring (bicyclic) bond motifs is 2. The molecule has 2 aromatic rings. The molecule has 1 aromatic heterocycles. The summed E-state index contributed by atoms with van der Waals surface area (Å²) in [6, 6.07) is 8.38. The van der Waals surface area contributed by atoms with E-state index in [4.69, 9.17) is 4.74 Å². The number of rotatable bonds is 6. The van der Waals surface area contributed by atoms with Crippen LogP contribution < -0.4 is 4.90 Å². The van der Waals surface area contributed by atoms with Gasteiger partial charge in [0.25, 0.3) is 10.0 Å². The molecule has 0 radical (unpaired) electrons. The number of piperazine rings is 1. The molecule has 0 aliphatic carbocycles. The highest BCUT2D eigenvalue weighted by Gasteiger charge is 2.51. The number of nitrogens with zero attached hydrogens (tertiary/aromatic N) is 3. The Kier molecular flexibility index (Phi) is 7.10. The third kappa shape index (κ3) is 4.90. The van der Waals surface area contributed by atoms with Crippen LogP contribution >= 0.6 is 11.3 Å². The second kappa shape index (κ2) is 9.78. The summed E-state index contributed by atoms with van der Waals surface area (Å²) in [7, 11) is -3.69. The number of halogens is 3. The van der Waals surface area contributed by atoms with E-state index in [2.05, 4.69) is 4.90 Å². The molecular formula is C24H30F3N3O5S2. The second-order valence-electron chi connectivity index (χ2n) is 10.0. The zero-order chi connectivity index (χ0) is 26.6. The number of benzene rings is 1. The minimum Gasteiger partial charge on any atom is -0.391 e. The number of morpholine rings is 1. The fourth-order valence-corrected chi connectivity index (χ4v) is 8.12. The lowest BCUT2D eigenvalue weighted by molar-refractivity contribution is -0.258. The Morgan fingerprint density at radius 2 is 1.86 bits per heavy atom. The predicted octanol–water partition coefficient (Wildman–Crippen LogP) is 2.23. The molecule has 5 rings (SSSR count). The van der Waals surface area contributed by atoms with Crippen molar-refractivity contribution >= 4 is 27.0 Å². The molecule has 3 aliphatic rings. The Morgan fingerprint density at radius 3 is 2.49 bits per heavy atom. The zero-order valence-electron chi connectivity index (χ0n) is 20.2. The van der Waals surface area contributed by atoms with Crippen LogP contribution in [0.5, 0.6) is 0 Å². The van der Waals surface area contributed by atoms with Gasteiger partial charge >= 0.3 is 6.18 Å². The normalized spacial score (nSPS) is 29.4. The number of thiophene rings is 1. The quantitative estimate of drug-likeness (QED) is 0.559. The number of aliphatic hydroxyl groups excluding tert-OH is 1. The van der Waals surface area contributed by atoms with E-state index in [0.29, 0.717) is 38.4 Å². The number of ether oxygens (including phenoxy) is 1. The molecule has 13 heteroatoms. The average molecular weight is 562 g/mol. The molecule has 3 aliphatic heterocycles. The molecule has 4 unspecified atom stereocenters. The molecule has 0 spiro atoms. The van der Waals surface area contributed by atoms with Crippen molar-refractivity contribution in [2.24, 2.45) is 0 Å². The summed E-state index contributed by atoms with van der Waals surface area (Å²) in [6.07, 6.45) is -4.77. The van der Waals surface area contributed by atoms with Crippen LogP contribution in [0.2, 0.25) is 0 Å². The summed E-state index contributed by atoms with van der Waals surface area (Å²) in [5.74, 6) is 0. The molecule has 37 heavy (non-hydrogen) atoms. The van der Waals surface area contributed by atoms with Crippen molar-refractivity contribution < 1.29 is 36.5 Å². The van der Waals surface area contributed by atoms with Gasteiger partial charge in [-0.05, 0) is 42.5 Å². The lowest BCUT2D eigenvalue weighted by atomic mass is 9.95. The van der Waals surface area contributed by atoms with Gasteiger partial charge < -0.3 is 19.8 Å². The Hall–Kier alpha value is -1.74. The standard InChI is InChI=1S/C24H30F3N3O5S2/c1-23(32,24(25,26)27)16-4-6-17(7-5-16)29-9-8-28(37(33,34)22-3-2-10-36-22)12-19(29)13-30-18-11-21(31)20(30)15-35-14-18/h2-7,10,18-21,31-32H,8-9,11-15H2,1H3/t18?,19-,20?,21?,23?/m1/s1. The third-order valence-corrected chi connectivity index (χ3v) is 11.0. The average Bonchev–Trinajstić information content (AvgIpc) is 3.44. The summed E-state index contributed by atoms with van der Waals surface area (Å²) < 4.78 is 73.9. The van der Waals surface area contributed by atoms with Crippen molar-refractivity contribution in [2.75, 3.05) is 44.3 Å². The van der Waals surface area contributed by atoms with Gasteiger partial charge in [0, 0.05) is 37.9 Å². The topological polar surface area (TPSA) is 93.6 Å². The molecule has 5 atom stereocenters. The number of sulfonamides is 1. The summed E-state index contributed by atoms with van der Waals surface area (Å²) in [6.45, 7) is 2.81. The van der Waals surface area contributed by atoms with Crippen molar-refractivity contribution in [2.45, 2.75) is 53.6 Å². The molecule has 2 bridgehead atoms. The largest absolute Gasteiger partial charge is 0.421 e. The lowest BCUT2D eigenvalue weighted by Crippen LogP contribution is -2.61. The van der Waals surface area contributed by atoms with Crippen LogP contribution in [-0.4, -0.2) is 97.6 Å². The van der Waals surface area contributed by atoms with Gasteiger partial charge in [0.05, 0.1) is 31.4 Å². The molecule has 2 N–H and O–H groups in total. The van der Waals surface area contributed by atoms with E-state index < -0.39 is 27.9 Å². The van der Waals surface area contributed by atoms with Crippen molar-refractivity contribution in [3.8, 4) is 0 Å². The fourth-order valence-electron chi connectivity index (χ4n) is 5.51. The fraction of sp³-hybridized carbons (Fsp3) is 0.583. The second-order valence-corrected chi connectivity index (χ2v) is 13.1. The maximum absolute atomic E-state index is 13.3. The monoisotopic (exact) mass is 561 g/mol. The Morgan fingerprint density at radius 1 is 1.14 bits per heavy atom. The van der Waals surface area contributed by atoms with E-state index in [1.165, 1.54) is 28.6 Å². The maximum Gasteiger partial charge on any atom is 0.421 e. The first kappa shape index (κ1) is 26.9. The predicted molar refractivity (Wildman–Crippen MR) is 132 cm³/mol. The third-order valence-electron chi connectivity index (χ3n) is 7.72. The molecule has 0 amide bonds. The number of hydrogen-bond acceptors (Lipinski definition) is 8. The molecule has 8 nitrogen and oxygen atoms in total. The number of alkyl halides is 3. The number of anilines is 1. The maximum atomic E-state index is 13.3. The molecule has 3 saturated heterocycles. The lowest BCUT2D eigenvalue weighted by Gasteiger charge is -2.46. The zero-order valence-corrected chi connectivity index (χ0v) is 21.8. The van der Waals surface area contributed by atoms with Crippen LogP contribution in [0.25, 0.3) is 0 Å². The van der Waals surface area contributed by atoms with E-state index in [-0.39, 0.29) is 41.0 Å². The molecule has 1 aromatic carbocycles. The van der Waals surface area contributed by atoms with Gasteiger partial charge in [0.15, 0.2) is 5.60 Å². The van der Waals surface area contributed by atoms with Gasteiger partial charge in [-0.2, -0.15) is 17.5 Å². The smallest absolute Gasteiger partial charge is 0.391 e. The van der Waals surface area contributed by atoms with E-state index >= 15 is 0 Å². The van der Waals surface area contributed by atoms with Crippen LogP contribution in [-0.2, 0) is 20.4 Å². The van der Waals surface area contributed by atoms with Crippen LogP contribution in [0.15, 0.2) is 46.0 Å². The van der Waals surface area contributed by atoms with Gasteiger partial charge in [-0.15, -0.1) is 11.3 Å². The molecule has 0 saturated carbocycles. The van der Waals surface area contributed by atoms with Crippen molar-refractivity contribution in [1.29, 1.82) is 0 Å². The van der Waals surface area contributed by atoms with E-state index in [9.17, 15) is 31.8 Å². The van der Waals surface area contributed by atoms with Crippen molar-refractivity contribution in [3.05, 3.63) is 47.3 Å². The highest BCUT2D eigenvalue weighted by atomic mass is 32.2. The van der Waals surface area contributed by atoms with Crippen LogP contribution in [0.4, 0.5) is 18.9 Å². The van der Waals surface area contributed by atoms with E-state index in [0.717, 1.165) is 18.3 Å². The summed E-state index contributed by atoms with van der Waals surface area (Å²) in [4.78, 5) is 4.18. The van der Waals surface area contributed by atoms with Gasteiger partial charge in [-0.25, -0.2) is 8.42 Å².